The second-order valence-corrected chi connectivity index (χ2v) is 10.7. The van der Waals surface area contributed by atoms with Crippen LogP contribution in [0, 0.1) is 0 Å². The van der Waals surface area contributed by atoms with E-state index in [1.165, 1.54) is 35.8 Å². The summed E-state index contributed by atoms with van der Waals surface area (Å²) in [4.78, 5) is 0. The molecule has 0 aliphatic rings. The zero-order valence-electron chi connectivity index (χ0n) is 12.1. The maximum atomic E-state index is 2.39. The van der Waals surface area contributed by atoms with Gasteiger partial charge in [-0.05, 0) is 0 Å². The minimum atomic E-state index is -1.23. The quantitative estimate of drug-likeness (QED) is 0.636. The molecule has 0 aliphatic heterocycles. The Balaban J connectivity index is 2.18. The third kappa shape index (κ3) is 3.91. The van der Waals surface area contributed by atoms with Gasteiger partial charge in [0.15, 0.2) is 0 Å². The number of rotatable bonds is 6. The van der Waals surface area contributed by atoms with Crippen LogP contribution in [0.4, 0.5) is 0 Å². The first-order valence-corrected chi connectivity index (χ1v) is 10.2. The normalized spacial score (nSPS) is 12.3. The van der Waals surface area contributed by atoms with Crippen molar-refractivity contribution in [2.24, 2.45) is 0 Å². The van der Waals surface area contributed by atoms with Crippen LogP contribution in [-0.4, -0.2) is 12.3 Å². The van der Waals surface area contributed by atoms with E-state index < -0.39 is 7.26 Å². The summed E-state index contributed by atoms with van der Waals surface area (Å²) < 4.78 is 0. The molecule has 2 aromatic carbocycles. The molecule has 0 N–H and O–H groups in total. The molecule has 0 nitrogen and oxygen atoms in total. The average molecular weight is 272 g/mol. The monoisotopic (exact) mass is 272 g/mol. The number of benzene rings is 2. The molecule has 19 heavy (non-hydrogen) atoms. The van der Waals surface area contributed by atoms with Gasteiger partial charge in [-0.15, -0.1) is 0 Å². The Hall–Kier alpha value is -1.13. The van der Waals surface area contributed by atoms with Gasteiger partial charge >= 0.3 is 118 Å². The molecule has 102 valence electrons. The van der Waals surface area contributed by atoms with Crippen LogP contribution in [0.1, 0.15) is 25.0 Å². The second-order valence-electron chi connectivity index (χ2n) is 5.53. The van der Waals surface area contributed by atoms with Gasteiger partial charge in [0, 0.05) is 0 Å². The van der Waals surface area contributed by atoms with Crippen LogP contribution in [0.25, 0.3) is 0 Å². The molecule has 0 aliphatic carbocycles. The molecule has 0 heterocycles. The summed E-state index contributed by atoms with van der Waals surface area (Å²) in [6, 6.07) is 22.1. The summed E-state index contributed by atoms with van der Waals surface area (Å²) in [5.74, 6) is 0. The summed E-state index contributed by atoms with van der Waals surface area (Å²) in [5.41, 5.74) is 3.04. The van der Waals surface area contributed by atoms with Crippen molar-refractivity contribution in [1.29, 1.82) is 0 Å². The van der Waals surface area contributed by atoms with E-state index >= 15 is 0 Å². The van der Waals surface area contributed by atoms with E-state index in [0.717, 1.165) is 0 Å². The van der Waals surface area contributed by atoms with Crippen LogP contribution in [0.2, 0.25) is 0 Å². The van der Waals surface area contributed by atoms with Gasteiger partial charge < -0.3 is 0 Å². The van der Waals surface area contributed by atoms with Crippen molar-refractivity contribution in [1.82, 2.24) is 0 Å². The Morgan fingerprint density at radius 1 is 0.632 bits per heavy atom. The van der Waals surface area contributed by atoms with E-state index in [0.29, 0.717) is 0 Å². The molecule has 0 radical (unpaired) electrons. The van der Waals surface area contributed by atoms with Gasteiger partial charge in [0.1, 0.15) is 0 Å². The zero-order valence-corrected chi connectivity index (χ0v) is 13.1. The second kappa shape index (κ2) is 6.87. The van der Waals surface area contributed by atoms with Crippen molar-refractivity contribution in [2.45, 2.75) is 26.2 Å². The van der Waals surface area contributed by atoms with Crippen LogP contribution >= 0.6 is 7.26 Å². The van der Waals surface area contributed by atoms with E-state index in [4.69, 9.17) is 0 Å². The summed E-state index contributed by atoms with van der Waals surface area (Å²) >= 11 is 0. The average Bonchev–Trinajstić information content (AvgIpc) is 2.48. The molecule has 0 amide bonds. The third-order valence-electron chi connectivity index (χ3n) is 4.34. The molecular weight excluding hydrogens is 247 g/mol. The van der Waals surface area contributed by atoms with Crippen molar-refractivity contribution in [3.8, 4) is 0 Å². The Kier molecular flexibility index (Phi) is 5.16. The van der Waals surface area contributed by atoms with Gasteiger partial charge in [-0.2, -0.15) is 0 Å². The summed E-state index contributed by atoms with van der Waals surface area (Å²) in [6.07, 6.45) is 5.37. The third-order valence-corrected chi connectivity index (χ3v) is 9.66. The Morgan fingerprint density at radius 2 is 1.00 bits per heavy atom. The van der Waals surface area contributed by atoms with E-state index in [-0.39, 0.29) is 0 Å². The van der Waals surface area contributed by atoms with E-state index in [2.05, 4.69) is 74.5 Å². The Morgan fingerprint density at radius 3 is 1.32 bits per heavy atom. The predicted molar refractivity (Wildman–Crippen MR) is 89.7 cm³/mol. The van der Waals surface area contributed by atoms with E-state index in [1.807, 2.05) is 0 Å². The summed E-state index contributed by atoms with van der Waals surface area (Å²) in [7, 11) is -1.23. The summed E-state index contributed by atoms with van der Waals surface area (Å²) in [5, 5.41) is 0. The molecular formula is C18H25P. The fourth-order valence-corrected chi connectivity index (χ4v) is 6.70. The van der Waals surface area contributed by atoms with Crippen molar-refractivity contribution in [3.05, 3.63) is 71.8 Å². The molecule has 0 saturated carbocycles. The number of hydrogen-bond donors (Lipinski definition) is 0. The van der Waals surface area contributed by atoms with E-state index in [9.17, 15) is 0 Å². The molecule has 0 saturated heterocycles. The SMILES string of the molecule is CC[PH](CC)(Cc1ccccc1)Cc1ccccc1. The van der Waals surface area contributed by atoms with Crippen molar-refractivity contribution in [3.63, 3.8) is 0 Å². The molecule has 2 aromatic rings. The van der Waals surface area contributed by atoms with Crippen LogP contribution in [0.5, 0.6) is 0 Å². The van der Waals surface area contributed by atoms with Gasteiger partial charge in [0.05, 0.1) is 0 Å². The molecule has 0 bridgehead atoms. The molecule has 0 atom stereocenters. The Labute approximate surface area is 118 Å². The number of hydrogen-bond acceptors (Lipinski definition) is 0. The van der Waals surface area contributed by atoms with Crippen LogP contribution < -0.4 is 0 Å². The topological polar surface area (TPSA) is 0 Å². The minimum absolute atomic E-state index is 1.23. The predicted octanol–water partition coefficient (Wildman–Crippen LogP) is 5.18. The van der Waals surface area contributed by atoms with Crippen molar-refractivity contribution in [2.75, 3.05) is 12.3 Å². The van der Waals surface area contributed by atoms with Gasteiger partial charge in [-0.1, -0.05) is 0 Å². The van der Waals surface area contributed by atoms with E-state index in [1.54, 1.807) is 0 Å². The maximum absolute atomic E-state index is 2.39. The van der Waals surface area contributed by atoms with Gasteiger partial charge in [-0.3, -0.25) is 0 Å². The fourth-order valence-electron chi connectivity index (χ4n) is 2.87. The molecule has 0 spiro atoms. The fraction of sp³-hybridized carbons (Fsp3) is 0.333. The zero-order chi connectivity index (χ0) is 13.6. The first kappa shape index (κ1) is 14.3. The van der Waals surface area contributed by atoms with Crippen molar-refractivity contribution < 1.29 is 0 Å². The molecule has 1 heteroatoms. The molecule has 0 unspecified atom stereocenters. The molecule has 2 rings (SSSR count). The standard InChI is InChI=1S/C18H25P/c1-3-19(4-2,15-17-11-7-5-8-12-17)16-18-13-9-6-10-14-18/h5-14,19H,3-4,15-16H2,1-2H3. The van der Waals surface area contributed by atoms with Gasteiger partial charge in [0.25, 0.3) is 0 Å². The first-order valence-electron chi connectivity index (χ1n) is 7.36. The first-order chi connectivity index (χ1) is 9.28. The van der Waals surface area contributed by atoms with Gasteiger partial charge in [-0.25, -0.2) is 0 Å². The molecule has 0 fully saturated rings. The molecule has 0 aromatic heterocycles. The van der Waals surface area contributed by atoms with Gasteiger partial charge in [0.2, 0.25) is 0 Å². The van der Waals surface area contributed by atoms with Crippen molar-refractivity contribution >= 4 is 7.26 Å². The van der Waals surface area contributed by atoms with Crippen LogP contribution in [0.15, 0.2) is 60.7 Å². The van der Waals surface area contributed by atoms with Crippen LogP contribution in [-0.2, 0) is 12.3 Å². The van der Waals surface area contributed by atoms with Crippen LogP contribution in [0.3, 0.4) is 0 Å². The summed E-state index contributed by atoms with van der Waals surface area (Å²) in [6.45, 7) is 4.78. The Bertz CT molecular complexity index is 428.